The summed E-state index contributed by atoms with van der Waals surface area (Å²) < 4.78 is 2.79. The first-order chi connectivity index (χ1) is 11.6. The lowest BCUT2D eigenvalue weighted by Crippen LogP contribution is -2.52. The molecule has 0 aromatic heterocycles. The van der Waals surface area contributed by atoms with E-state index < -0.39 is 8.96 Å². The van der Waals surface area contributed by atoms with E-state index in [0.717, 1.165) is 6.42 Å². The maximum atomic E-state index is 2.79. The fraction of sp³-hybridized carbons (Fsp3) is 0.478. The molecule has 2 aromatic rings. The molecule has 1 aliphatic rings. The van der Waals surface area contributed by atoms with E-state index in [1.165, 1.54) is 34.4 Å². The minimum atomic E-state index is -1.03. The lowest BCUT2D eigenvalue weighted by Gasteiger charge is -2.47. The molecule has 0 aliphatic heterocycles. The topological polar surface area (TPSA) is 3.24 Å². The van der Waals surface area contributed by atoms with Crippen LogP contribution in [-0.4, -0.2) is 14.5 Å². The quantitative estimate of drug-likeness (QED) is 0.501. The second kappa shape index (κ2) is 6.32. The number of rotatable bonds is 4. The molecular weight excluding hydrogens is 318 g/mol. The molecule has 0 amide bonds. The van der Waals surface area contributed by atoms with Gasteiger partial charge in [-0.15, -0.1) is 0 Å². The predicted octanol–water partition coefficient (Wildman–Crippen LogP) is 6.26. The second-order valence-electron chi connectivity index (χ2n) is 9.65. The standard InChI is InChI=1S/C23H33NSi/c1-22(2,3)16-23(4,5)24(25(6)7)21-14-10-13-19-18-12-9-8-11-17(18)15-20(19)21/h8-14,25H,15-16H2,1-7H3. The van der Waals surface area contributed by atoms with Crippen molar-refractivity contribution in [1.29, 1.82) is 0 Å². The summed E-state index contributed by atoms with van der Waals surface area (Å²) in [5.74, 6) is 0. The Morgan fingerprint density at radius 1 is 0.880 bits per heavy atom. The van der Waals surface area contributed by atoms with Crippen molar-refractivity contribution in [3.8, 4) is 11.1 Å². The van der Waals surface area contributed by atoms with Crippen molar-refractivity contribution in [2.75, 3.05) is 4.57 Å². The monoisotopic (exact) mass is 351 g/mol. The minimum Gasteiger partial charge on any atom is -0.396 e. The molecule has 0 bridgehead atoms. The van der Waals surface area contributed by atoms with E-state index in [1.54, 1.807) is 0 Å². The molecule has 25 heavy (non-hydrogen) atoms. The highest BCUT2D eigenvalue weighted by molar-refractivity contribution is 6.60. The molecule has 3 rings (SSSR count). The van der Waals surface area contributed by atoms with Crippen LogP contribution in [0.4, 0.5) is 5.69 Å². The van der Waals surface area contributed by atoms with Crippen LogP contribution in [0.2, 0.25) is 13.1 Å². The lowest BCUT2D eigenvalue weighted by atomic mass is 9.81. The van der Waals surface area contributed by atoms with Gasteiger partial charge in [-0.25, -0.2) is 0 Å². The van der Waals surface area contributed by atoms with E-state index in [4.69, 9.17) is 0 Å². The fourth-order valence-electron chi connectivity index (χ4n) is 5.05. The summed E-state index contributed by atoms with van der Waals surface area (Å²) in [7, 11) is -1.03. The molecule has 0 heterocycles. The van der Waals surface area contributed by atoms with Gasteiger partial charge in [0.1, 0.15) is 8.96 Å². The Hall–Kier alpha value is -1.54. The Morgan fingerprint density at radius 2 is 1.52 bits per heavy atom. The van der Waals surface area contributed by atoms with E-state index in [1.807, 2.05) is 0 Å². The molecule has 0 unspecified atom stereocenters. The first kappa shape index (κ1) is 18.3. The number of benzene rings is 2. The van der Waals surface area contributed by atoms with E-state index in [-0.39, 0.29) is 5.54 Å². The van der Waals surface area contributed by atoms with E-state index >= 15 is 0 Å². The highest BCUT2D eigenvalue weighted by Gasteiger charge is 2.35. The van der Waals surface area contributed by atoms with Crippen LogP contribution in [0.3, 0.4) is 0 Å². The highest BCUT2D eigenvalue weighted by atomic mass is 28.3. The van der Waals surface area contributed by atoms with Gasteiger partial charge in [-0.1, -0.05) is 70.3 Å². The van der Waals surface area contributed by atoms with Crippen molar-refractivity contribution in [3.63, 3.8) is 0 Å². The zero-order chi connectivity index (χ0) is 18.4. The largest absolute Gasteiger partial charge is 0.396 e. The predicted molar refractivity (Wildman–Crippen MR) is 114 cm³/mol. The second-order valence-corrected chi connectivity index (χ2v) is 12.4. The van der Waals surface area contributed by atoms with Crippen molar-refractivity contribution in [1.82, 2.24) is 0 Å². The van der Waals surface area contributed by atoms with E-state index in [0.29, 0.717) is 5.41 Å². The summed E-state index contributed by atoms with van der Waals surface area (Å²) in [6.07, 6.45) is 2.27. The summed E-state index contributed by atoms with van der Waals surface area (Å²) in [6.45, 7) is 16.9. The van der Waals surface area contributed by atoms with Crippen LogP contribution in [0.5, 0.6) is 0 Å². The van der Waals surface area contributed by atoms with Gasteiger partial charge in [0.25, 0.3) is 0 Å². The zero-order valence-corrected chi connectivity index (χ0v) is 18.1. The molecular formula is C23H33NSi. The Bertz CT molecular complexity index is 768. The average Bonchev–Trinajstić information content (AvgIpc) is 2.84. The van der Waals surface area contributed by atoms with Gasteiger partial charge < -0.3 is 4.57 Å². The molecule has 0 radical (unpaired) electrons. The van der Waals surface area contributed by atoms with Crippen molar-refractivity contribution >= 4 is 14.6 Å². The van der Waals surface area contributed by atoms with E-state index in [9.17, 15) is 0 Å². The van der Waals surface area contributed by atoms with Gasteiger partial charge in [0.15, 0.2) is 0 Å². The van der Waals surface area contributed by atoms with Gasteiger partial charge in [-0.2, -0.15) is 0 Å². The summed E-state index contributed by atoms with van der Waals surface area (Å²) in [4.78, 5) is 0. The summed E-state index contributed by atoms with van der Waals surface area (Å²) in [6, 6.07) is 15.8. The molecule has 0 saturated heterocycles. The third-order valence-electron chi connectivity index (χ3n) is 5.22. The SMILES string of the molecule is C[SiH](C)N(c1cccc2c1Cc1ccccc1-2)C(C)(C)CC(C)(C)C. The van der Waals surface area contributed by atoms with Crippen LogP contribution in [0.15, 0.2) is 42.5 Å². The van der Waals surface area contributed by atoms with Crippen molar-refractivity contribution in [2.45, 2.75) is 66.1 Å². The van der Waals surface area contributed by atoms with Crippen LogP contribution >= 0.6 is 0 Å². The van der Waals surface area contributed by atoms with E-state index in [2.05, 4.69) is 94.7 Å². The summed E-state index contributed by atoms with van der Waals surface area (Å²) >= 11 is 0. The molecule has 134 valence electrons. The Kier molecular flexibility index (Phi) is 4.61. The van der Waals surface area contributed by atoms with Gasteiger partial charge in [0.2, 0.25) is 0 Å². The maximum absolute atomic E-state index is 2.79. The molecule has 1 nitrogen and oxygen atoms in total. The van der Waals surface area contributed by atoms with Crippen LogP contribution < -0.4 is 4.57 Å². The number of anilines is 1. The fourth-order valence-corrected chi connectivity index (χ4v) is 7.34. The van der Waals surface area contributed by atoms with Gasteiger partial charge in [0, 0.05) is 17.6 Å². The number of hydrogen-bond donors (Lipinski definition) is 0. The normalized spacial score (nSPS) is 13.8. The molecule has 0 spiro atoms. The third-order valence-corrected chi connectivity index (χ3v) is 7.23. The zero-order valence-electron chi connectivity index (χ0n) is 17.0. The van der Waals surface area contributed by atoms with Crippen LogP contribution in [0, 0.1) is 5.41 Å². The van der Waals surface area contributed by atoms with Crippen LogP contribution in [-0.2, 0) is 6.42 Å². The molecule has 2 aromatic carbocycles. The molecule has 1 aliphatic carbocycles. The summed E-state index contributed by atoms with van der Waals surface area (Å²) in [5, 5.41) is 0. The first-order valence-electron chi connectivity index (χ1n) is 9.60. The number of fused-ring (bicyclic) bond motifs is 3. The maximum Gasteiger partial charge on any atom is 0.135 e. The van der Waals surface area contributed by atoms with Gasteiger partial charge in [-0.05, 0) is 54.0 Å². The molecule has 0 atom stereocenters. The molecule has 0 fully saturated rings. The Morgan fingerprint density at radius 3 is 2.16 bits per heavy atom. The highest BCUT2D eigenvalue weighted by Crippen LogP contribution is 2.44. The Balaban J connectivity index is 2.09. The van der Waals surface area contributed by atoms with Crippen molar-refractivity contribution in [2.24, 2.45) is 5.41 Å². The van der Waals surface area contributed by atoms with Gasteiger partial charge >= 0.3 is 0 Å². The van der Waals surface area contributed by atoms with Gasteiger partial charge in [0.05, 0.1) is 0 Å². The Labute approximate surface area is 155 Å². The van der Waals surface area contributed by atoms with Crippen LogP contribution in [0.1, 0.15) is 52.2 Å². The molecule has 2 heteroatoms. The smallest absolute Gasteiger partial charge is 0.135 e. The average molecular weight is 352 g/mol. The molecule has 0 N–H and O–H groups in total. The lowest BCUT2D eigenvalue weighted by molar-refractivity contribution is 0.288. The summed E-state index contributed by atoms with van der Waals surface area (Å²) in [5.41, 5.74) is 7.85. The number of nitrogens with zero attached hydrogens (tertiary/aromatic N) is 1. The van der Waals surface area contributed by atoms with Crippen LogP contribution in [0.25, 0.3) is 11.1 Å². The number of hydrogen-bond acceptors (Lipinski definition) is 1. The third kappa shape index (κ3) is 3.55. The first-order valence-corrected chi connectivity index (χ1v) is 12.4. The van der Waals surface area contributed by atoms with Crippen molar-refractivity contribution in [3.05, 3.63) is 53.6 Å². The van der Waals surface area contributed by atoms with Crippen molar-refractivity contribution < 1.29 is 0 Å². The minimum absolute atomic E-state index is 0.169. The molecule has 0 saturated carbocycles. The van der Waals surface area contributed by atoms with Gasteiger partial charge in [-0.3, -0.25) is 0 Å².